The molecule has 198 valence electrons. The van der Waals surface area contributed by atoms with E-state index in [2.05, 4.69) is 15.1 Å². The number of aromatic nitrogens is 2. The second-order valence-corrected chi connectivity index (χ2v) is 10.5. The van der Waals surface area contributed by atoms with E-state index >= 15 is 0 Å². The Bertz CT molecular complexity index is 1310. The van der Waals surface area contributed by atoms with E-state index in [4.69, 9.17) is 27.9 Å². The Morgan fingerprint density at radius 1 is 1.00 bits per heavy atom. The summed E-state index contributed by atoms with van der Waals surface area (Å²) in [4.78, 5) is 32.0. The highest BCUT2D eigenvalue weighted by Crippen LogP contribution is 2.31. The fourth-order valence-electron chi connectivity index (χ4n) is 4.54. The molecule has 5 rings (SSSR count). The number of amides is 2. The SMILES string of the molecule is COc1cccc(-c2ccc(N3CCN(C(=O)CN(CC4CC4)C(=O)c4ccc(Cl)cc4Cl)CC3)nn2)c1. The number of nitrogens with zero attached hydrogens (tertiary/aromatic N) is 5. The van der Waals surface area contributed by atoms with E-state index in [1.807, 2.05) is 41.3 Å². The Morgan fingerprint density at radius 3 is 2.45 bits per heavy atom. The Morgan fingerprint density at radius 2 is 1.79 bits per heavy atom. The predicted octanol–water partition coefficient (Wildman–Crippen LogP) is 4.66. The van der Waals surface area contributed by atoms with Crippen molar-refractivity contribution in [3.8, 4) is 17.0 Å². The molecule has 2 heterocycles. The quantitative estimate of drug-likeness (QED) is 0.403. The molecular formula is C28H29Cl2N5O3. The van der Waals surface area contributed by atoms with Gasteiger partial charge in [-0.05, 0) is 61.2 Å². The van der Waals surface area contributed by atoms with Gasteiger partial charge >= 0.3 is 0 Å². The van der Waals surface area contributed by atoms with Crippen LogP contribution in [0.2, 0.25) is 10.0 Å². The van der Waals surface area contributed by atoms with Crippen LogP contribution in [0.25, 0.3) is 11.3 Å². The van der Waals surface area contributed by atoms with Crippen LogP contribution in [0.1, 0.15) is 23.2 Å². The van der Waals surface area contributed by atoms with Crippen molar-refractivity contribution < 1.29 is 14.3 Å². The lowest BCUT2D eigenvalue weighted by Crippen LogP contribution is -2.52. The first-order chi connectivity index (χ1) is 18.4. The highest BCUT2D eigenvalue weighted by Gasteiger charge is 2.31. The third-order valence-corrected chi connectivity index (χ3v) is 7.47. The fourth-order valence-corrected chi connectivity index (χ4v) is 5.03. The highest BCUT2D eigenvalue weighted by atomic mass is 35.5. The van der Waals surface area contributed by atoms with Crippen molar-refractivity contribution in [2.24, 2.45) is 5.92 Å². The van der Waals surface area contributed by atoms with Gasteiger partial charge in [-0.15, -0.1) is 10.2 Å². The van der Waals surface area contributed by atoms with Gasteiger partial charge in [0.25, 0.3) is 5.91 Å². The van der Waals surface area contributed by atoms with Crippen LogP contribution >= 0.6 is 23.2 Å². The number of hydrogen-bond donors (Lipinski definition) is 0. The molecule has 0 radical (unpaired) electrons. The van der Waals surface area contributed by atoms with Crippen LogP contribution in [0.5, 0.6) is 5.75 Å². The molecule has 3 aromatic rings. The molecule has 0 atom stereocenters. The Hall–Kier alpha value is -3.36. The van der Waals surface area contributed by atoms with Gasteiger partial charge in [0.05, 0.1) is 23.4 Å². The van der Waals surface area contributed by atoms with E-state index in [1.54, 1.807) is 30.2 Å². The first-order valence-electron chi connectivity index (χ1n) is 12.7. The summed E-state index contributed by atoms with van der Waals surface area (Å²) in [6.07, 6.45) is 2.14. The number of ether oxygens (including phenoxy) is 1. The third-order valence-electron chi connectivity index (χ3n) is 6.92. The van der Waals surface area contributed by atoms with Crippen molar-refractivity contribution in [2.75, 3.05) is 51.3 Å². The number of piperazine rings is 1. The zero-order valence-corrected chi connectivity index (χ0v) is 22.7. The molecule has 1 aliphatic heterocycles. The zero-order valence-electron chi connectivity index (χ0n) is 21.1. The Balaban J connectivity index is 1.19. The van der Waals surface area contributed by atoms with Crippen LogP contribution in [0.3, 0.4) is 0 Å². The fraction of sp³-hybridized carbons (Fsp3) is 0.357. The van der Waals surface area contributed by atoms with Gasteiger partial charge in [-0.2, -0.15) is 0 Å². The van der Waals surface area contributed by atoms with Crippen molar-refractivity contribution in [3.05, 3.63) is 70.2 Å². The highest BCUT2D eigenvalue weighted by molar-refractivity contribution is 6.36. The van der Waals surface area contributed by atoms with E-state index in [1.165, 1.54) is 0 Å². The minimum Gasteiger partial charge on any atom is -0.497 e. The Labute approximate surface area is 232 Å². The van der Waals surface area contributed by atoms with Gasteiger partial charge in [-0.25, -0.2) is 0 Å². The number of carbonyl (C=O) groups excluding carboxylic acids is 2. The molecule has 2 amide bonds. The summed E-state index contributed by atoms with van der Waals surface area (Å²) in [5.74, 6) is 1.67. The van der Waals surface area contributed by atoms with Crippen LogP contribution in [0, 0.1) is 5.92 Å². The third kappa shape index (κ3) is 6.19. The first kappa shape index (κ1) is 26.3. The summed E-state index contributed by atoms with van der Waals surface area (Å²) in [5.41, 5.74) is 2.07. The second kappa shape index (κ2) is 11.6. The molecule has 0 bridgehead atoms. The average molecular weight is 554 g/mol. The molecule has 10 heteroatoms. The van der Waals surface area contributed by atoms with Crippen molar-refractivity contribution in [1.82, 2.24) is 20.0 Å². The summed E-state index contributed by atoms with van der Waals surface area (Å²) in [7, 11) is 1.63. The average Bonchev–Trinajstić information content (AvgIpc) is 3.77. The number of hydrogen-bond acceptors (Lipinski definition) is 6. The van der Waals surface area contributed by atoms with E-state index in [0.29, 0.717) is 54.3 Å². The van der Waals surface area contributed by atoms with E-state index in [-0.39, 0.29) is 18.4 Å². The van der Waals surface area contributed by atoms with Crippen molar-refractivity contribution in [3.63, 3.8) is 0 Å². The van der Waals surface area contributed by atoms with Gasteiger partial charge in [0.1, 0.15) is 12.3 Å². The number of halogens is 2. The maximum Gasteiger partial charge on any atom is 0.255 e. The van der Waals surface area contributed by atoms with Gasteiger partial charge in [0.2, 0.25) is 5.91 Å². The van der Waals surface area contributed by atoms with Crippen LogP contribution in [-0.2, 0) is 4.79 Å². The molecule has 0 N–H and O–H groups in total. The molecule has 2 aliphatic rings. The molecule has 38 heavy (non-hydrogen) atoms. The Kier molecular flexibility index (Phi) is 8.00. The molecule has 1 aromatic heterocycles. The summed E-state index contributed by atoms with van der Waals surface area (Å²) >= 11 is 12.3. The normalized spacial score (nSPS) is 15.3. The summed E-state index contributed by atoms with van der Waals surface area (Å²) in [6.45, 7) is 2.95. The minimum absolute atomic E-state index is 0.0311. The molecule has 1 aliphatic carbocycles. The molecule has 8 nitrogen and oxygen atoms in total. The topological polar surface area (TPSA) is 78.9 Å². The van der Waals surface area contributed by atoms with Crippen LogP contribution < -0.4 is 9.64 Å². The predicted molar refractivity (Wildman–Crippen MR) is 148 cm³/mol. The van der Waals surface area contributed by atoms with Crippen LogP contribution in [0.4, 0.5) is 5.82 Å². The van der Waals surface area contributed by atoms with Crippen LogP contribution in [-0.4, -0.2) is 78.2 Å². The van der Waals surface area contributed by atoms with Gasteiger partial charge in [-0.3, -0.25) is 9.59 Å². The van der Waals surface area contributed by atoms with E-state index < -0.39 is 0 Å². The first-order valence-corrected chi connectivity index (χ1v) is 13.4. The van der Waals surface area contributed by atoms with E-state index in [0.717, 1.165) is 35.7 Å². The minimum atomic E-state index is -0.239. The van der Waals surface area contributed by atoms with Crippen molar-refractivity contribution >= 4 is 40.8 Å². The maximum absolute atomic E-state index is 13.3. The van der Waals surface area contributed by atoms with Gasteiger partial charge in [-0.1, -0.05) is 35.3 Å². The molecular weight excluding hydrogens is 525 g/mol. The van der Waals surface area contributed by atoms with Crippen LogP contribution in [0.15, 0.2) is 54.6 Å². The van der Waals surface area contributed by atoms with Crippen molar-refractivity contribution in [1.29, 1.82) is 0 Å². The second-order valence-electron chi connectivity index (χ2n) is 9.63. The number of benzene rings is 2. The number of rotatable bonds is 8. The molecule has 2 fully saturated rings. The number of carbonyl (C=O) groups is 2. The summed E-state index contributed by atoms with van der Waals surface area (Å²) in [5, 5.41) is 9.58. The lowest BCUT2D eigenvalue weighted by molar-refractivity contribution is -0.132. The molecule has 1 saturated heterocycles. The summed E-state index contributed by atoms with van der Waals surface area (Å²) < 4.78 is 5.29. The molecule has 0 spiro atoms. The largest absolute Gasteiger partial charge is 0.497 e. The van der Waals surface area contributed by atoms with Gasteiger partial charge in [0.15, 0.2) is 5.82 Å². The summed E-state index contributed by atoms with van der Waals surface area (Å²) in [6, 6.07) is 16.4. The standard InChI is InChI=1S/C28H29Cl2N5O3/c1-38-22-4-2-3-20(15-22)25-9-10-26(32-31-25)33-11-13-34(14-12-33)27(36)18-35(17-19-5-6-19)28(37)23-8-7-21(29)16-24(23)30/h2-4,7-10,15-16,19H,5-6,11-14,17-18H2,1H3. The number of anilines is 1. The van der Waals surface area contributed by atoms with Gasteiger partial charge < -0.3 is 19.4 Å². The maximum atomic E-state index is 13.3. The molecule has 1 saturated carbocycles. The molecule has 0 unspecified atom stereocenters. The lowest BCUT2D eigenvalue weighted by Gasteiger charge is -2.36. The monoisotopic (exact) mass is 553 g/mol. The van der Waals surface area contributed by atoms with E-state index in [9.17, 15) is 9.59 Å². The lowest BCUT2D eigenvalue weighted by atomic mass is 10.1. The smallest absolute Gasteiger partial charge is 0.255 e. The van der Waals surface area contributed by atoms with Gasteiger partial charge in [0, 0.05) is 43.3 Å². The molecule has 2 aromatic carbocycles. The van der Waals surface area contributed by atoms with Crippen molar-refractivity contribution in [2.45, 2.75) is 12.8 Å². The zero-order chi connectivity index (χ0) is 26.6. The number of methoxy groups -OCH3 is 1.